The van der Waals surface area contributed by atoms with E-state index in [1.807, 2.05) is 6.08 Å². The molecule has 0 aromatic rings. The van der Waals surface area contributed by atoms with Crippen molar-refractivity contribution in [1.29, 1.82) is 0 Å². The van der Waals surface area contributed by atoms with E-state index in [4.69, 9.17) is 4.43 Å². The highest BCUT2D eigenvalue weighted by Gasteiger charge is 2.46. The lowest BCUT2D eigenvalue weighted by molar-refractivity contribution is 0.446. The van der Waals surface area contributed by atoms with Gasteiger partial charge in [0.2, 0.25) is 0 Å². The van der Waals surface area contributed by atoms with Gasteiger partial charge in [-0.25, -0.2) is 0 Å². The molecule has 0 heterocycles. The van der Waals surface area contributed by atoms with Crippen LogP contribution in [0.4, 0.5) is 0 Å². The second-order valence-corrected chi connectivity index (χ2v) is 11.6. The van der Waals surface area contributed by atoms with Crippen molar-refractivity contribution in [1.82, 2.24) is 0 Å². The molecule has 0 aliphatic heterocycles. The molecule has 0 amide bonds. The van der Waals surface area contributed by atoms with E-state index in [1.54, 1.807) is 0 Å². The zero-order valence-corrected chi connectivity index (χ0v) is 14.8. The molecule has 0 unspecified atom stereocenters. The molecule has 0 aromatic heterocycles. The van der Waals surface area contributed by atoms with Crippen LogP contribution in [0.2, 0.25) is 16.6 Å². The number of unbranched alkanes of at least 4 members (excludes halogenated alkanes) is 3. The van der Waals surface area contributed by atoms with Crippen molar-refractivity contribution >= 4 is 8.32 Å². The first-order chi connectivity index (χ1) is 8.89. The molecule has 0 bridgehead atoms. The Labute approximate surface area is 122 Å². The summed E-state index contributed by atoms with van der Waals surface area (Å²) in [6.45, 7) is 17.5. The molecule has 0 fully saturated rings. The second-order valence-electron chi connectivity index (χ2n) is 6.23. The van der Waals surface area contributed by atoms with E-state index in [-0.39, 0.29) is 0 Å². The second kappa shape index (κ2) is 9.26. The standard InChI is InChI=1S/C17H32OSi/c1-8-9-10-11-12-13-14-18-19(15(2)3,16(4)5)17(6)7/h8,15-17H,1,9-12H2,2-7H3. The fourth-order valence-corrected chi connectivity index (χ4v) is 7.99. The smallest absolute Gasteiger partial charge is 0.272 e. The average Bonchev–Trinajstić information content (AvgIpc) is 2.31. The van der Waals surface area contributed by atoms with Gasteiger partial charge in [-0.3, -0.25) is 0 Å². The number of rotatable bonds is 8. The van der Waals surface area contributed by atoms with Gasteiger partial charge < -0.3 is 4.43 Å². The van der Waals surface area contributed by atoms with Crippen molar-refractivity contribution in [3.8, 4) is 12.0 Å². The summed E-state index contributed by atoms with van der Waals surface area (Å²) in [5.41, 5.74) is 1.80. The van der Waals surface area contributed by atoms with E-state index in [0.717, 1.165) is 19.3 Å². The summed E-state index contributed by atoms with van der Waals surface area (Å²) in [4.78, 5) is 0. The third-order valence-corrected chi connectivity index (χ3v) is 9.84. The maximum atomic E-state index is 6.18. The summed E-state index contributed by atoms with van der Waals surface area (Å²) in [6.07, 6.45) is 9.35. The first-order valence-corrected chi connectivity index (χ1v) is 9.80. The lowest BCUT2D eigenvalue weighted by Crippen LogP contribution is -2.46. The maximum absolute atomic E-state index is 6.18. The van der Waals surface area contributed by atoms with E-state index < -0.39 is 8.32 Å². The van der Waals surface area contributed by atoms with Gasteiger partial charge in [-0.05, 0) is 35.9 Å². The zero-order chi connectivity index (χ0) is 14.9. The van der Waals surface area contributed by atoms with Crippen LogP contribution in [0.3, 0.4) is 0 Å². The van der Waals surface area contributed by atoms with Crippen LogP contribution in [0, 0.1) is 12.0 Å². The highest BCUT2D eigenvalue weighted by Crippen LogP contribution is 2.41. The van der Waals surface area contributed by atoms with Crippen LogP contribution in [-0.4, -0.2) is 8.32 Å². The van der Waals surface area contributed by atoms with Crippen LogP contribution in [0.15, 0.2) is 12.7 Å². The molecule has 0 aromatic carbocycles. The number of allylic oxidation sites excluding steroid dienone is 1. The summed E-state index contributed by atoms with van der Waals surface area (Å²) in [7, 11) is -1.79. The predicted molar refractivity (Wildman–Crippen MR) is 88.6 cm³/mol. The Balaban J connectivity index is 4.51. The Bertz CT molecular complexity index is 285. The lowest BCUT2D eigenvalue weighted by Gasteiger charge is -2.39. The molecule has 0 atom stereocenters. The van der Waals surface area contributed by atoms with Crippen LogP contribution in [0.1, 0.15) is 67.2 Å². The molecule has 0 saturated carbocycles. The van der Waals surface area contributed by atoms with Crippen LogP contribution < -0.4 is 0 Å². The van der Waals surface area contributed by atoms with Gasteiger partial charge in [-0.15, -0.1) is 6.58 Å². The highest BCUT2D eigenvalue weighted by atomic mass is 28.4. The Morgan fingerprint density at radius 3 is 1.95 bits per heavy atom. The molecule has 0 rings (SSSR count). The van der Waals surface area contributed by atoms with Crippen molar-refractivity contribution in [2.75, 3.05) is 0 Å². The molecule has 0 N–H and O–H groups in total. The molecule has 0 aliphatic carbocycles. The molecule has 0 aliphatic rings. The van der Waals surface area contributed by atoms with Gasteiger partial charge in [0, 0.05) is 6.42 Å². The minimum absolute atomic E-state index is 0.600. The molecule has 110 valence electrons. The maximum Gasteiger partial charge on any atom is 0.272 e. The average molecular weight is 281 g/mol. The molecule has 2 heteroatoms. The third-order valence-electron chi connectivity index (χ3n) is 3.97. The first-order valence-electron chi connectivity index (χ1n) is 7.66. The van der Waals surface area contributed by atoms with E-state index >= 15 is 0 Å². The number of hydrogen-bond donors (Lipinski definition) is 0. The SMILES string of the molecule is C=CCCCCC#CO[Si](C(C)C)(C(C)C)C(C)C. The minimum atomic E-state index is -1.79. The Morgan fingerprint density at radius 2 is 1.53 bits per heavy atom. The topological polar surface area (TPSA) is 9.23 Å². The molecule has 19 heavy (non-hydrogen) atoms. The largest absolute Gasteiger partial charge is 0.500 e. The van der Waals surface area contributed by atoms with Crippen LogP contribution in [0.25, 0.3) is 0 Å². The molecule has 0 saturated heterocycles. The van der Waals surface area contributed by atoms with Crippen molar-refractivity contribution in [2.24, 2.45) is 0 Å². The molecular formula is C17H32OSi. The Kier molecular flexibility index (Phi) is 8.92. The van der Waals surface area contributed by atoms with Crippen molar-refractivity contribution in [3.63, 3.8) is 0 Å². The summed E-state index contributed by atoms with van der Waals surface area (Å²) in [5, 5.41) is 0. The van der Waals surface area contributed by atoms with E-state index in [9.17, 15) is 0 Å². The van der Waals surface area contributed by atoms with Gasteiger partial charge in [0.25, 0.3) is 8.32 Å². The summed E-state index contributed by atoms with van der Waals surface area (Å²) < 4.78 is 6.18. The Hall–Kier alpha value is -0.683. The van der Waals surface area contributed by atoms with Gasteiger partial charge >= 0.3 is 0 Å². The van der Waals surface area contributed by atoms with Gasteiger partial charge in [0.05, 0.1) is 6.11 Å². The third kappa shape index (κ3) is 5.44. The van der Waals surface area contributed by atoms with Gasteiger partial charge in [-0.1, -0.05) is 53.5 Å². The molecule has 0 spiro atoms. The van der Waals surface area contributed by atoms with Crippen molar-refractivity contribution in [3.05, 3.63) is 12.7 Å². The summed E-state index contributed by atoms with van der Waals surface area (Å²) >= 11 is 0. The molecule has 1 nitrogen and oxygen atoms in total. The van der Waals surface area contributed by atoms with Crippen LogP contribution >= 0.6 is 0 Å². The lowest BCUT2D eigenvalue weighted by atomic mass is 10.2. The van der Waals surface area contributed by atoms with E-state index in [0.29, 0.717) is 16.6 Å². The fourth-order valence-electron chi connectivity index (χ4n) is 3.03. The van der Waals surface area contributed by atoms with E-state index in [2.05, 4.69) is 60.1 Å². The zero-order valence-electron chi connectivity index (χ0n) is 13.8. The Morgan fingerprint density at radius 1 is 1.00 bits per heavy atom. The highest BCUT2D eigenvalue weighted by molar-refractivity contribution is 6.77. The van der Waals surface area contributed by atoms with Gasteiger partial charge in [0.15, 0.2) is 0 Å². The summed E-state index contributed by atoms with van der Waals surface area (Å²) in [6, 6.07) is 0. The quantitative estimate of drug-likeness (QED) is 0.233. The first kappa shape index (κ1) is 18.3. The van der Waals surface area contributed by atoms with Gasteiger partial charge in [-0.2, -0.15) is 0 Å². The van der Waals surface area contributed by atoms with Crippen molar-refractivity contribution in [2.45, 2.75) is 83.8 Å². The summed E-state index contributed by atoms with van der Waals surface area (Å²) in [5.74, 6) is 3.19. The normalized spacial score (nSPS) is 11.6. The number of hydrogen-bond acceptors (Lipinski definition) is 1. The monoisotopic (exact) mass is 280 g/mol. The van der Waals surface area contributed by atoms with Gasteiger partial charge in [0.1, 0.15) is 0 Å². The minimum Gasteiger partial charge on any atom is -0.500 e. The van der Waals surface area contributed by atoms with Crippen LogP contribution in [0.5, 0.6) is 0 Å². The molecular weight excluding hydrogens is 248 g/mol. The van der Waals surface area contributed by atoms with Crippen molar-refractivity contribution < 1.29 is 4.43 Å². The fraction of sp³-hybridized carbons (Fsp3) is 0.765. The molecule has 0 radical (unpaired) electrons. The van der Waals surface area contributed by atoms with Crippen LogP contribution in [-0.2, 0) is 4.43 Å². The van der Waals surface area contributed by atoms with E-state index in [1.165, 1.54) is 6.42 Å². The predicted octanol–water partition coefficient (Wildman–Crippen LogP) is 5.89.